The second-order valence-corrected chi connectivity index (χ2v) is 5.42. The highest BCUT2D eigenvalue weighted by Crippen LogP contribution is 2.13. The Morgan fingerprint density at radius 1 is 1.45 bits per heavy atom. The van der Waals surface area contributed by atoms with Gasteiger partial charge in [0.2, 0.25) is 5.91 Å². The number of aliphatic carboxylic acids is 1. The van der Waals surface area contributed by atoms with E-state index in [0.717, 1.165) is 10.0 Å². The van der Waals surface area contributed by atoms with Crippen molar-refractivity contribution >= 4 is 33.9 Å². The van der Waals surface area contributed by atoms with Crippen molar-refractivity contribution in [1.82, 2.24) is 4.90 Å². The summed E-state index contributed by atoms with van der Waals surface area (Å²) in [5.74, 6) is -1.65. The van der Waals surface area contributed by atoms with Gasteiger partial charge in [-0.2, -0.15) is 0 Å². The molecule has 1 rings (SSSR count). The molecule has 108 valence electrons. The molecule has 0 aliphatic rings. The van der Waals surface area contributed by atoms with E-state index in [1.165, 1.54) is 11.0 Å². The van der Waals surface area contributed by atoms with Crippen LogP contribution in [0.4, 0.5) is 0 Å². The molecular formula is C15H18BrNO3. The number of hydrogen-bond acceptors (Lipinski definition) is 2. The molecule has 1 aromatic rings. The third-order valence-corrected chi connectivity index (χ3v) is 3.37. The lowest BCUT2D eigenvalue weighted by Crippen LogP contribution is -2.35. The lowest BCUT2D eigenvalue weighted by molar-refractivity contribution is -0.142. The molecule has 1 unspecified atom stereocenters. The predicted molar refractivity (Wildman–Crippen MR) is 82.2 cm³/mol. The molecule has 1 aromatic carbocycles. The number of benzene rings is 1. The first kappa shape index (κ1) is 16.4. The Morgan fingerprint density at radius 2 is 2.15 bits per heavy atom. The molecule has 0 aliphatic heterocycles. The molecular weight excluding hydrogens is 322 g/mol. The van der Waals surface area contributed by atoms with Gasteiger partial charge in [0.1, 0.15) is 0 Å². The van der Waals surface area contributed by atoms with E-state index < -0.39 is 11.9 Å². The number of hydrogen-bond donors (Lipinski definition) is 1. The minimum absolute atomic E-state index is 0.180. The maximum absolute atomic E-state index is 12.0. The van der Waals surface area contributed by atoms with Crippen molar-refractivity contribution in [2.75, 3.05) is 13.1 Å². The monoisotopic (exact) mass is 339 g/mol. The Morgan fingerprint density at radius 3 is 2.70 bits per heavy atom. The van der Waals surface area contributed by atoms with E-state index in [-0.39, 0.29) is 12.5 Å². The zero-order valence-electron chi connectivity index (χ0n) is 11.5. The van der Waals surface area contributed by atoms with E-state index in [1.54, 1.807) is 13.0 Å². The van der Waals surface area contributed by atoms with Gasteiger partial charge in [-0.15, -0.1) is 0 Å². The number of carboxylic acids is 1. The van der Waals surface area contributed by atoms with Crippen molar-refractivity contribution < 1.29 is 14.7 Å². The minimum atomic E-state index is -0.896. The van der Waals surface area contributed by atoms with Gasteiger partial charge < -0.3 is 10.0 Å². The molecule has 0 heterocycles. The summed E-state index contributed by atoms with van der Waals surface area (Å²) < 4.78 is 0.943. The van der Waals surface area contributed by atoms with Crippen LogP contribution in [0.2, 0.25) is 0 Å². The van der Waals surface area contributed by atoms with Crippen LogP contribution in [0.15, 0.2) is 34.8 Å². The fourth-order valence-electron chi connectivity index (χ4n) is 1.67. The van der Waals surface area contributed by atoms with Gasteiger partial charge in [0.15, 0.2) is 0 Å². The molecule has 0 spiro atoms. The highest BCUT2D eigenvalue weighted by atomic mass is 79.9. The Labute approximate surface area is 127 Å². The third-order valence-electron chi connectivity index (χ3n) is 2.88. The zero-order valence-corrected chi connectivity index (χ0v) is 13.1. The fourth-order valence-corrected chi connectivity index (χ4v) is 2.08. The number of nitrogens with zero attached hydrogens (tertiary/aromatic N) is 1. The van der Waals surface area contributed by atoms with Gasteiger partial charge >= 0.3 is 5.97 Å². The summed E-state index contributed by atoms with van der Waals surface area (Å²) in [4.78, 5) is 24.4. The molecule has 5 heteroatoms. The summed E-state index contributed by atoms with van der Waals surface area (Å²) in [7, 11) is 0. The fraction of sp³-hybridized carbons (Fsp3) is 0.333. The van der Waals surface area contributed by atoms with E-state index in [1.807, 2.05) is 31.2 Å². The first-order chi connectivity index (χ1) is 9.43. The smallest absolute Gasteiger partial charge is 0.308 e. The van der Waals surface area contributed by atoms with Crippen molar-refractivity contribution in [3.8, 4) is 0 Å². The zero-order chi connectivity index (χ0) is 15.1. The molecule has 0 aliphatic carbocycles. The van der Waals surface area contributed by atoms with Crippen molar-refractivity contribution in [2.24, 2.45) is 5.92 Å². The van der Waals surface area contributed by atoms with Crippen LogP contribution >= 0.6 is 15.9 Å². The maximum atomic E-state index is 12.0. The normalized spacial score (nSPS) is 12.3. The minimum Gasteiger partial charge on any atom is -0.481 e. The molecule has 1 amide bonds. The van der Waals surface area contributed by atoms with Gasteiger partial charge in [0.05, 0.1) is 5.92 Å². The molecule has 0 bridgehead atoms. The molecule has 0 saturated carbocycles. The molecule has 0 fully saturated rings. The Bertz CT molecular complexity index is 514. The highest BCUT2D eigenvalue weighted by molar-refractivity contribution is 9.10. The Balaban J connectivity index is 2.70. The first-order valence-corrected chi connectivity index (χ1v) is 7.18. The Hall–Kier alpha value is -1.62. The quantitative estimate of drug-likeness (QED) is 0.810. The maximum Gasteiger partial charge on any atom is 0.308 e. The summed E-state index contributed by atoms with van der Waals surface area (Å²) in [6.07, 6.45) is 3.20. The first-order valence-electron chi connectivity index (χ1n) is 6.39. The van der Waals surface area contributed by atoms with E-state index in [9.17, 15) is 9.59 Å². The molecule has 1 N–H and O–H groups in total. The molecule has 20 heavy (non-hydrogen) atoms. The van der Waals surface area contributed by atoms with Gasteiger partial charge in [-0.25, -0.2) is 0 Å². The summed E-state index contributed by atoms with van der Waals surface area (Å²) >= 11 is 3.37. The van der Waals surface area contributed by atoms with Crippen LogP contribution in [0.1, 0.15) is 19.4 Å². The summed E-state index contributed by atoms with van der Waals surface area (Å²) in [6.45, 7) is 4.13. The molecule has 0 aromatic heterocycles. The summed E-state index contributed by atoms with van der Waals surface area (Å²) in [5.41, 5.74) is 0.912. The summed E-state index contributed by atoms with van der Waals surface area (Å²) in [5, 5.41) is 8.89. The third kappa shape index (κ3) is 5.17. The Kier molecular flexibility index (Phi) is 6.45. The van der Waals surface area contributed by atoms with Crippen molar-refractivity contribution in [2.45, 2.75) is 13.8 Å². The summed E-state index contributed by atoms with van der Waals surface area (Å²) in [6, 6.07) is 7.59. The number of carbonyl (C=O) groups excluding carboxylic acids is 1. The van der Waals surface area contributed by atoms with Crippen LogP contribution in [0.25, 0.3) is 6.08 Å². The van der Waals surface area contributed by atoms with Crippen LogP contribution in [0.5, 0.6) is 0 Å². The average molecular weight is 340 g/mol. The van der Waals surface area contributed by atoms with Gasteiger partial charge in [0, 0.05) is 23.6 Å². The highest BCUT2D eigenvalue weighted by Gasteiger charge is 2.17. The van der Waals surface area contributed by atoms with Crippen LogP contribution in [-0.4, -0.2) is 35.0 Å². The van der Waals surface area contributed by atoms with E-state index in [4.69, 9.17) is 5.11 Å². The van der Waals surface area contributed by atoms with Crippen molar-refractivity contribution in [3.05, 3.63) is 40.4 Å². The standard InChI is InChI=1S/C15H18BrNO3/c1-3-17(10-11(2)15(19)20)14(18)8-7-12-5-4-6-13(16)9-12/h4-9,11H,3,10H2,1-2H3,(H,19,20). The largest absolute Gasteiger partial charge is 0.481 e. The number of likely N-dealkylation sites (N-methyl/N-ethyl adjacent to an activating group) is 1. The van der Waals surface area contributed by atoms with Gasteiger partial charge in [0.25, 0.3) is 0 Å². The van der Waals surface area contributed by atoms with Crippen molar-refractivity contribution in [3.63, 3.8) is 0 Å². The number of carbonyl (C=O) groups is 2. The molecule has 4 nitrogen and oxygen atoms in total. The van der Waals surface area contributed by atoms with Crippen LogP contribution in [0.3, 0.4) is 0 Å². The average Bonchev–Trinajstić information content (AvgIpc) is 2.41. The lowest BCUT2D eigenvalue weighted by Gasteiger charge is -2.21. The van der Waals surface area contributed by atoms with Crippen LogP contribution < -0.4 is 0 Å². The SMILES string of the molecule is CCN(CC(C)C(=O)O)C(=O)C=Cc1cccc(Br)c1. The van der Waals surface area contributed by atoms with E-state index in [2.05, 4.69) is 15.9 Å². The van der Waals surface area contributed by atoms with Gasteiger partial charge in [-0.3, -0.25) is 9.59 Å². The molecule has 0 radical (unpaired) electrons. The van der Waals surface area contributed by atoms with Gasteiger partial charge in [-0.05, 0) is 30.7 Å². The van der Waals surface area contributed by atoms with Crippen molar-refractivity contribution in [1.29, 1.82) is 0 Å². The number of halogens is 1. The molecule has 0 saturated heterocycles. The lowest BCUT2D eigenvalue weighted by atomic mass is 10.1. The predicted octanol–water partition coefficient (Wildman–Crippen LogP) is 3.03. The second-order valence-electron chi connectivity index (χ2n) is 4.50. The number of carboxylic acid groups (broad SMARTS) is 1. The second kappa shape index (κ2) is 7.85. The molecule has 1 atom stereocenters. The topological polar surface area (TPSA) is 57.6 Å². The number of rotatable bonds is 6. The van der Waals surface area contributed by atoms with Crippen LogP contribution in [-0.2, 0) is 9.59 Å². The number of amides is 1. The van der Waals surface area contributed by atoms with E-state index >= 15 is 0 Å². The van der Waals surface area contributed by atoms with Gasteiger partial charge in [-0.1, -0.05) is 35.0 Å². The van der Waals surface area contributed by atoms with E-state index in [0.29, 0.717) is 6.54 Å². The van der Waals surface area contributed by atoms with Crippen LogP contribution in [0, 0.1) is 5.92 Å².